The standard InChI is InChI=1S/C21H25N7O3S2/c1-15-3-5-16(6-4-15)24-19(29)25-20-26-27-21(33-20)32-18-13-17(22-14-23-18)31-10-2-7-28-8-11-30-12-9-28/h3-6,13-14H,2,7-12H2,1H3,(H2,24,25,26,29). The maximum Gasteiger partial charge on any atom is 0.325 e. The van der Waals surface area contributed by atoms with Crippen molar-refractivity contribution in [1.29, 1.82) is 0 Å². The number of benzene rings is 1. The van der Waals surface area contributed by atoms with E-state index in [1.165, 1.54) is 29.4 Å². The first-order chi connectivity index (χ1) is 16.1. The summed E-state index contributed by atoms with van der Waals surface area (Å²) in [6.45, 7) is 7.10. The Bertz CT molecular complexity index is 1040. The number of morpholine rings is 1. The van der Waals surface area contributed by atoms with E-state index in [0.717, 1.165) is 44.8 Å². The third-order valence-corrected chi connectivity index (χ3v) is 6.54. The lowest BCUT2D eigenvalue weighted by atomic mass is 10.2. The summed E-state index contributed by atoms with van der Waals surface area (Å²) in [7, 11) is 0. The maximum atomic E-state index is 12.2. The number of hydrogen-bond donors (Lipinski definition) is 2. The molecule has 12 heteroatoms. The van der Waals surface area contributed by atoms with Gasteiger partial charge in [0.15, 0.2) is 4.34 Å². The number of amides is 2. The molecule has 1 aromatic carbocycles. The van der Waals surface area contributed by atoms with Gasteiger partial charge >= 0.3 is 6.03 Å². The number of ether oxygens (including phenoxy) is 2. The van der Waals surface area contributed by atoms with Gasteiger partial charge in [-0.3, -0.25) is 10.2 Å². The zero-order chi connectivity index (χ0) is 22.9. The van der Waals surface area contributed by atoms with Crippen molar-refractivity contribution in [2.75, 3.05) is 50.1 Å². The number of carbonyl (C=O) groups is 1. The minimum absolute atomic E-state index is 0.374. The Kier molecular flexibility index (Phi) is 8.41. The number of carbonyl (C=O) groups excluding carboxylic acids is 1. The van der Waals surface area contributed by atoms with E-state index in [4.69, 9.17) is 9.47 Å². The van der Waals surface area contributed by atoms with Gasteiger partial charge in [-0.15, -0.1) is 10.2 Å². The monoisotopic (exact) mass is 487 g/mol. The molecule has 0 bridgehead atoms. The fraction of sp³-hybridized carbons (Fsp3) is 0.381. The zero-order valence-corrected chi connectivity index (χ0v) is 19.8. The molecule has 174 valence electrons. The quantitative estimate of drug-likeness (QED) is 0.266. The van der Waals surface area contributed by atoms with Crippen LogP contribution in [0.15, 0.2) is 46.0 Å². The number of rotatable bonds is 9. The summed E-state index contributed by atoms with van der Waals surface area (Å²) in [5.74, 6) is 0.523. The lowest BCUT2D eigenvalue weighted by molar-refractivity contribution is 0.0357. The summed E-state index contributed by atoms with van der Waals surface area (Å²) in [5.41, 5.74) is 1.83. The highest BCUT2D eigenvalue weighted by molar-refractivity contribution is 8.01. The number of urea groups is 1. The Balaban J connectivity index is 1.22. The van der Waals surface area contributed by atoms with Crippen LogP contribution in [0, 0.1) is 6.92 Å². The van der Waals surface area contributed by atoms with Crippen molar-refractivity contribution in [3.63, 3.8) is 0 Å². The van der Waals surface area contributed by atoms with Crippen molar-refractivity contribution in [3.05, 3.63) is 42.2 Å². The number of anilines is 2. The number of nitrogens with one attached hydrogen (secondary N) is 2. The van der Waals surface area contributed by atoms with Gasteiger partial charge in [0, 0.05) is 31.4 Å². The van der Waals surface area contributed by atoms with Crippen LogP contribution < -0.4 is 15.4 Å². The van der Waals surface area contributed by atoms with Crippen molar-refractivity contribution in [2.24, 2.45) is 0 Å². The van der Waals surface area contributed by atoms with E-state index in [1.807, 2.05) is 31.2 Å². The molecular formula is C21H25N7O3S2. The maximum absolute atomic E-state index is 12.2. The molecule has 33 heavy (non-hydrogen) atoms. The normalized spacial score (nSPS) is 14.1. The van der Waals surface area contributed by atoms with Gasteiger partial charge in [0.05, 0.1) is 19.8 Å². The highest BCUT2D eigenvalue weighted by Crippen LogP contribution is 2.31. The van der Waals surface area contributed by atoms with Crippen LogP contribution >= 0.6 is 23.1 Å². The average Bonchev–Trinajstić information content (AvgIpc) is 3.25. The van der Waals surface area contributed by atoms with Crippen LogP contribution in [0.2, 0.25) is 0 Å². The Hall–Kier alpha value is -2.80. The summed E-state index contributed by atoms with van der Waals surface area (Å²) in [6.07, 6.45) is 2.39. The Labute approximate surface area is 200 Å². The lowest BCUT2D eigenvalue weighted by Gasteiger charge is -2.26. The Morgan fingerprint density at radius 2 is 2.00 bits per heavy atom. The third-order valence-electron chi connectivity index (χ3n) is 4.72. The van der Waals surface area contributed by atoms with Crippen LogP contribution in [0.4, 0.5) is 15.6 Å². The first-order valence-electron chi connectivity index (χ1n) is 10.5. The average molecular weight is 488 g/mol. The van der Waals surface area contributed by atoms with E-state index in [0.29, 0.717) is 32.7 Å². The SMILES string of the molecule is Cc1ccc(NC(=O)Nc2nnc(Sc3cc(OCCCN4CCOCC4)ncn3)s2)cc1. The Morgan fingerprint density at radius 3 is 2.82 bits per heavy atom. The molecule has 1 saturated heterocycles. The molecule has 0 radical (unpaired) electrons. The summed E-state index contributed by atoms with van der Waals surface area (Å²) >= 11 is 2.60. The second kappa shape index (κ2) is 11.9. The largest absolute Gasteiger partial charge is 0.478 e. The van der Waals surface area contributed by atoms with Gasteiger partial charge in [-0.1, -0.05) is 29.0 Å². The molecule has 2 amide bonds. The third kappa shape index (κ3) is 7.63. The molecule has 0 atom stereocenters. The zero-order valence-electron chi connectivity index (χ0n) is 18.2. The van der Waals surface area contributed by atoms with Crippen molar-refractivity contribution in [2.45, 2.75) is 22.7 Å². The van der Waals surface area contributed by atoms with Gasteiger partial charge in [0.25, 0.3) is 0 Å². The molecule has 0 spiro atoms. The number of hydrogen-bond acceptors (Lipinski definition) is 10. The number of aryl methyl sites for hydroxylation is 1. The van der Waals surface area contributed by atoms with Gasteiger partial charge in [-0.05, 0) is 37.2 Å². The minimum Gasteiger partial charge on any atom is -0.478 e. The number of aromatic nitrogens is 4. The molecule has 3 heterocycles. The molecule has 1 fully saturated rings. The van der Waals surface area contributed by atoms with Gasteiger partial charge in [-0.25, -0.2) is 14.8 Å². The lowest BCUT2D eigenvalue weighted by Crippen LogP contribution is -2.37. The first-order valence-corrected chi connectivity index (χ1v) is 12.2. The van der Waals surface area contributed by atoms with Crippen LogP contribution in [-0.4, -0.2) is 70.6 Å². The predicted molar refractivity (Wildman–Crippen MR) is 127 cm³/mol. The van der Waals surface area contributed by atoms with E-state index in [9.17, 15) is 4.79 Å². The molecule has 3 aromatic rings. The molecule has 2 aromatic heterocycles. The second-order valence-electron chi connectivity index (χ2n) is 7.27. The first kappa shape index (κ1) is 23.4. The molecule has 4 rings (SSSR count). The van der Waals surface area contributed by atoms with Crippen LogP contribution in [0.5, 0.6) is 5.88 Å². The molecule has 1 aliphatic rings. The van der Waals surface area contributed by atoms with Crippen molar-refractivity contribution in [1.82, 2.24) is 25.1 Å². The van der Waals surface area contributed by atoms with E-state index < -0.39 is 0 Å². The molecule has 1 aliphatic heterocycles. The van der Waals surface area contributed by atoms with E-state index in [-0.39, 0.29) is 6.03 Å². The van der Waals surface area contributed by atoms with Crippen LogP contribution in [0.3, 0.4) is 0 Å². The summed E-state index contributed by atoms with van der Waals surface area (Å²) in [4.78, 5) is 23.0. The van der Waals surface area contributed by atoms with Crippen molar-refractivity contribution in [3.8, 4) is 5.88 Å². The predicted octanol–water partition coefficient (Wildman–Crippen LogP) is 3.53. The molecule has 2 N–H and O–H groups in total. The van der Waals surface area contributed by atoms with Gasteiger partial charge in [-0.2, -0.15) is 0 Å². The molecule has 10 nitrogen and oxygen atoms in total. The molecule has 0 aliphatic carbocycles. The van der Waals surface area contributed by atoms with E-state index >= 15 is 0 Å². The Morgan fingerprint density at radius 1 is 1.18 bits per heavy atom. The van der Waals surface area contributed by atoms with E-state index in [2.05, 4.69) is 35.7 Å². The fourth-order valence-corrected chi connectivity index (χ4v) is 4.69. The van der Waals surface area contributed by atoms with Gasteiger partial charge < -0.3 is 14.8 Å². The van der Waals surface area contributed by atoms with Crippen LogP contribution in [0.1, 0.15) is 12.0 Å². The second-order valence-corrected chi connectivity index (χ2v) is 9.52. The molecular weight excluding hydrogens is 462 g/mol. The molecule has 0 unspecified atom stereocenters. The van der Waals surface area contributed by atoms with Crippen LogP contribution in [0.25, 0.3) is 0 Å². The highest BCUT2D eigenvalue weighted by atomic mass is 32.2. The fourth-order valence-electron chi connectivity index (χ4n) is 3.03. The minimum atomic E-state index is -0.374. The van der Waals surface area contributed by atoms with Gasteiger partial charge in [0.1, 0.15) is 11.4 Å². The van der Waals surface area contributed by atoms with Crippen molar-refractivity contribution >= 4 is 39.9 Å². The van der Waals surface area contributed by atoms with Crippen LogP contribution in [-0.2, 0) is 4.74 Å². The topological polar surface area (TPSA) is 114 Å². The molecule has 0 saturated carbocycles. The summed E-state index contributed by atoms with van der Waals surface area (Å²) in [6, 6.07) is 8.94. The van der Waals surface area contributed by atoms with Gasteiger partial charge in [0.2, 0.25) is 11.0 Å². The summed E-state index contributed by atoms with van der Waals surface area (Å²) < 4.78 is 11.8. The van der Waals surface area contributed by atoms with E-state index in [1.54, 1.807) is 6.07 Å². The number of nitrogens with zero attached hydrogens (tertiary/aromatic N) is 5. The smallest absolute Gasteiger partial charge is 0.325 e. The summed E-state index contributed by atoms with van der Waals surface area (Å²) in [5, 5.41) is 14.7. The van der Waals surface area contributed by atoms with Crippen molar-refractivity contribution < 1.29 is 14.3 Å². The highest BCUT2D eigenvalue weighted by Gasteiger charge is 2.12.